The zero-order chi connectivity index (χ0) is 14.4. The fourth-order valence-electron chi connectivity index (χ4n) is 1.59. The molecule has 0 aliphatic rings. The first kappa shape index (κ1) is 15.7. The molecule has 1 aromatic heterocycles. The molecule has 0 aliphatic carbocycles. The van der Waals surface area contributed by atoms with Crippen molar-refractivity contribution in [1.82, 2.24) is 5.32 Å². The third-order valence-electron chi connectivity index (χ3n) is 2.48. The standard InChI is InChI=1S/C14H13Cl2NOS2/c15-11-6-10(7-12(16)8-11)14(18)17-3-5-19-9-13-2-1-4-20-13/h1-2,4,6-8H,3,5,9H2,(H,17,18). The zero-order valence-corrected chi connectivity index (χ0v) is 13.7. The number of carbonyl (C=O) groups is 1. The summed E-state index contributed by atoms with van der Waals surface area (Å²) >= 11 is 15.3. The number of halogens is 2. The lowest BCUT2D eigenvalue weighted by atomic mass is 10.2. The van der Waals surface area contributed by atoms with Crippen molar-refractivity contribution >= 4 is 52.2 Å². The highest BCUT2D eigenvalue weighted by Gasteiger charge is 2.07. The van der Waals surface area contributed by atoms with Crippen molar-refractivity contribution in [2.24, 2.45) is 0 Å². The largest absolute Gasteiger partial charge is 0.351 e. The summed E-state index contributed by atoms with van der Waals surface area (Å²) in [7, 11) is 0. The molecular weight excluding hydrogens is 333 g/mol. The van der Waals surface area contributed by atoms with Crippen molar-refractivity contribution in [3.8, 4) is 0 Å². The fourth-order valence-corrected chi connectivity index (χ4v) is 3.82. The average molecular weight is 346 g/mol. The topological polar surface area (TPSA) is 29.1 Å². The minimum atomic E-state index is -0.147. The van der Waals surface area contributed by atoms with Gasteiger partial charge in [0.2, 0.25) is 0 Å². The van der Waals surface area contributed by atoms with E-state index in [4.69, 9.17) is 23.2 Å². The van der Waals surface area contributed by atoms with E-state index < -0.39 is 0 Å². The van der Waals surface area contributed by atoms with Gasteiger partial charge < -0.3 is 5.32 Å². The molecule has 0 saturated heterocycles. The molecule has 0 radical (unpaired) electrons. The van der Waals surface area contributed by atoms with E-state index in [2.05, 4.69) is 16.8 Å². The highest BCUT2D eigenvalue weighted by molar-refractivity contribution is 7.98. The minimum Gasteiger partial charge on any atom is -0.351 e. The van der Waals surface area contributed by atoms with Crippen LogP contribution in [0.25, 0.3) is 0 Å². The van der Waals surface area contributed by atoms with Crippen molar-refractivity contribution in [2.75, 3.05) is 12.3 Å². The van der Waals surface area contributed by atoms with Gasteiger partial charge >= 0.3 is 0 Å². The number of thioether (sulfide) groups is 1. The number of rotatable bonds is 6. The van der Waals surface area contributed by atoms with Crippen molar-refractivity contribution in [1.29, 1.82) is 0 Å². The molecule has 0 unspecified atom stereocenters. The second kappa shape index (κ2) is 7.93. The van der Waals surface area contributed by atoms with Gasteiger partial charge in [-0.1, -0.05) is 29.3 Å². The normalized spacial score (nSPS) is 10.5. The summed E-state index contributed by atoms with van der Waals surface area (Å²) < 4.78 is 0. The Morgan fingerprint density at radius 3 is 2.65 bits per heavy atom. The molecule has 20 heavy (non-hydrogen) atoms. The van der Waals surface area contributed by atoms with E-state index in [1.54, 1.807) is 41.3 Å². The van der Waals surface area contributed by atoms with Gasteiger partial charge in [-0.2, -0.15) is 11.8 Å². The van der Waals surface area contributed by atoms with Crippen LogP contribution in [0.1, 0.15) is 15.2 Å². The van der Waals surface area contributed by atoms with Crippen LogP contribution in [0.5, 0.6) is 0 Å². The Morgan fingerprint density at radius 1 is 1.25 bits per heavy atom. The molecule has 0 saturated carbocycles. The van der Waals surface area contributed by atoms with Crippen LogP contribution in [-0.4, -0.2) is 18.2 Å². The smallest absolute Gasteiger partial charge is 0.251 e. The highest BCUT2D eigenvalue weighted by Crippen LogP contribution is 2.19. The molecule has 0 spiro atoms. The SMILES string of the molecule is O=C(NCCSCc1cccs1)c1cc(Cl)cc(Cl)c1. The van der Waals surface area contributed by atoms with Crippen molar-refractivity contribution < 1.29 is 4.79 Å². The summed E-state index contributed by atoms with van der Waals surface area (Å²) in [5.41, 5.74) is 0.491. The molecule has 1 amide bonds. The number of benzene rings is 1. The third kappa shape index (κ3) is 5.02. The molecule has 1 heterocycles. The molecule has 2 aromatic rings. The van der Waals surface area contributed by atoms with Gasteiger partial charge in [-0.25, -0.2) is 0 Å². The lowest BCUT2D eigenvalue weighted by molar-refractivity contribution is 0.0956. The molecule has 1 aromatic carbocycles. The lowest BCUT2D eigenvalue weighted by Crippen LogP contribution is -2.25. The summed E-state index contributed by atoms with van der Waals surface area (Å²) in [6.45, 7) is 0.624. The van der Waals surface area contributed by atoms with Crippen molar-refractivity contribution in [2.45, 2.75) is 5.75 Å². The molecule has 0 aliphatic heterocycles. The summed E-state index contributed by atoms with van der Waals surface area (Å²) in [5.74, 6) is 1.71. The predicted octanol–water partition coefficient (Wildman–Crippen LogP) is 4.72. The summed E-state index contributed by atoms with van der Waals surface area (Å²) in [4.78, 5) is 13.3. The van der Waals surface area contributed by atoms with Gasteiger partial charge in [-0.15, -0.1) is 11.3 Å². The van der Waals surface area contributed by atoms with Gasteiger partial charge in [0.1, 0.15) is 0 Å². The zero-order valence-electron chi connectivity index (χ0n) is 10.6. The Labute approximate surface area is 136 Å². The van der Waals surface area contributed by atoms with Gasteiger partial charge in [0, 0.05) is 38.5 Å². The number of carbonyl (C=O) groups excluding carboxylic acids is 1. The van der Waals surface area contributed by atoms with E-state index in [1.807, 2.05) is 6.07 Å². The van der Waals surface area contributed by atoms with Crippen LogP contribution >= 0.6 is 46.3 Å². The van der Waals surface area contributed by atoms with E-state index >= 15 is 0 Å². The van der Waals surface area contributed by atoms with Gasteiger partial charge in [0.15, 0.2) is 0 Å². The number of amides is 1. The van der Waals surface area contributed by atoms with Crippen LogP contribution in [0.4, 0.5) is 0 Å². The molecule has 1 N–H and O–H groups in total. The second-order valence-corrected chi connectivity index (χ2v) is 7.06. The first-order chi connectivity index (χ1) is 9.65. The maximum Gasteiger partial charge on any atom is 0.251 e. The van der Waals surface area contributed by atoms with Crippen LogP contribution in [-0.2, 0) is 5.75 Å². The maximum absolute atomic E-state index is 11.9. The molecule has 0 fully saturated rings. The van der Waals surface area contributed by atoms with Crippen LogP contribution in [0.2, 0.25) is 10.0 Å². The Hall–Kier alpha value is -0.680. The Balaban J connectivity index is 1.72. The van der Waals surface area contributed by atoms with Crippen LogP contribution < -0.4 is 5.32 Å². The highest BCUT2D eigenvalue weighted by atomic mass is 35.5. The minimum absolute atomic E-state index is 0.147. The van der Waals surface area contributed by atoms with Gasteiger partial charge in [0.25, 0.3) is 5.91 Å². The van der Waals surface area contributed by atoms with Crippen molar-refractivity contribution in [3.63, 3.8) is 0 Å². The molecule has 0 bridgehead atoms. The molecule has 2 nitrogen and oxygen atoms in total. The van der Waals surface area contributed by atoms with E-state index in [0.717, 1.165) is 11.5 Å². The Kier molecular flexibility index (Phi) is 6.23. The first-order valence-corrected chi connectivity index (χ1v) is 8.78. The number of hydrogen-bond donors (Lipinski definition) is 1. The third-order valence-corrected chi connectivity index (χ3v) is 4.98. The van der Waals surface area contributed by atoms with Crippen molar-refractivity contribution in [3.05, 3.63) is 56.2 Å². The average Bonchev–Trinajstić information content (AvgIpc) is 2.90. The quantitative estimate of drug-likeness (QED) is 0.767. The molecule has 6 heteroatoms. The van der Waals surface area contributed by atoms with Crippen LogP contribution in [0, 0.1) is 0 Å². The number of thiophene rings is 1. The second-order valence-electron chi connectivity index (χ2n) is 4.05. The van der Waals surface area contributed by atoms with Gasteiger partial charge in [0.05, 0.1) is 0 Å². The molecule has 0 atom stereocenters. The maximum atomic E-state index is 11.9. The summed E-state index contributed by atoms with van der Waals surface area (Å²) in [5, 5.41) is 5.86. The fraction of sp³-hybridized carbons (Fsp3) is 0.214. The van der Waals surface area contributed by atoms with E-state index in [-0.39, 0.29) is 5.91 Å². The number of nitrogens with one attached hydrogen (secondary N) is 1. The Bertz CT molecular complexity index is 552. The van der Waals surface area contributed by atoms with E-state index in [0.29, 0.717) is 22.2 Å². The molecule has 2 rings (SSSR count). The molecular formula is C14H13Cl2NOS2. The summed E-state index contributed by atoms with van der Waals surface area (Å²) in [6.07, 6.45) is 0. The summed E-state index contributed by atoms with van der Waals surface area (Å²) in [6, 6.07) is 9.00. The van der Waals surface area contributed by atoms with Gasteiger partial charge in [-0.05, 0) is 29.6 Å². The monoisotopic (exact) mass is 345 g/mol. The van der Waals surface area contributed by atoms with E-state index in [1.165, 1.54) is 4.88 Å². The lowest BCUT2D eigenvalue weighted by Gasteiger charge is -2.06. The first-order valence-electron chi connectivity index (χ1n) is 5.99. The van der Waals surface area contributed by atoms with Gasteiger partial charge in [-0.3, -0.25) is 4.79 Å². The Morgan fingerprint density at radius 2 is 2.00 bits per heavy atom. The molecule has 106 valence electrons. The predicted molar refractivity (Wildman–Crippen MR) is 89.3 cm³/mol. The van der Waals surface area contributed by atoms with Crippen LogP contribution in [0.15, 0.2) is 35.7 Å². The number of hydrogen-bond acceptors (Lipinski definition) is 3. The van der Waals surface area contributed by atoms with E-state index in [9.17, 15) is 4.79 Å². The van der Waals surface area contributed by atoms with Crippen LogP contribution in [0.3, 0.4) is 0 Å².